The predicted molar refractivity (Wildman–Crippen MR) is 69.4 cm³/mol. The second-order valence-electron chi connectivity index (χ2n) is 4.43. The van der Waals surface area contributed by atoms with E-state index in [-0.39, 0.29) is 0 Å². The highest BCUT2D eigenvalue weighted by Gasteiger charge is 2.20. The molecule has 17 heavy (non-hydrogen) atoms. The first-order valence-electron chi connectivity index (χ1n) is 5.80. The quantitative estimate of drug-likeness (QED) is 0.805. The van der Waals surface area contributed by atoms with Crippen LogP contribution in [0.5, 0.6) is 5.75 Å². The molecule has 0 saturated carbocycles. The van der Waals surface area contributed by atoms with Crippen molar-refractivity contribution in [3.63, 3.8) is 0 Å². The second kappa shape index (κ2) is 3.81. The van der Waals surface area contributed by atoms with Crippen LogP contribution >= 0.6 is 0 Å². The van der Waals surface area contributed by atoms with Crippen molar-refractivity contribution >= 4 is 5.69 Å². The largest absolute Gasteiger partial charge is 0.507 e. The predicted octanol–water partition coefficient (Wildman–Crippen LogP) is 2.85. The van der Waals surface area contributed by atoms with Crippen molar-refractivity contribution in [2.45, 2.75) is 6.42 Å². The van der Waals surface area contributed by atoms with Crippen molar-refractivity contribution in [1.82, 2.24) is 0 Å². The Morgan fingerprint density at radius 2 is 2.12 bits per heavy atom. The van der Waals surface area contributed by atoms with E-state index in [1.165, 1.54) is 11.3 Å². The van der Waals surface area contributed by atoms with Gasteiger partial charge in [0, 0.05) is 30.4 Å². The topological polar surface area (TPSA) is 23.5 Å². The van der Waals surface area contributed by atoms with Crippen LogP contribution in [0.25, 0.3) is 11.1 Å². The summed E-state index contributed by atoms with van der Waals surface area (Å²) in [5.41, 5.74) is 4.59. The third-order valence-electron chi connectivity index (χ3n) is 3.35. The number of phenolic OH excluding ortho intramolecular Hbond substituents is 1. The van der Waals surface area contributed by atoms with Gasteiger partial charge < -0.3 is 10.0 Å². The molecule has 2 heteroatoms. The summed E-state index contributed by atoms with van der Waals surface area (Å²) >= 11 is 0. The first-order chi connectivity index (χ1) is 8.27. The number of anilines is 1. The zero-order valence-electron chi connectivity index (χ0n) is 9.77. The summed E-state index contributed by atoms with van der Waals surface area (Å²) in [6, 6.07) is 14.5. The number of rotatable bonds is 1. The van der Waals surface area contributed by atoms with Gasteiger partial charge in [-0.2, -0.15) is 0 Å². The fraction of sp³-hybridized carbons (Fsp3) is 0.200. The van der Waals surface area contributed by atoms with E-state index in [1.54, 1.807) is 6.07 Å². The molecule has 0 bridgehead atoms. The lowest BCUT2D eigenvalue weighted by Crippen LogP contribution is -2.13. The van der Waals surface area contributed by atoms with Gasteiger partial charge in [-0.05, 0) is 30.2 Å². The highest BCUT2D eigenvalue weighted by Crippen LogP contribution is 2.40. The second-order valence-corrected chi connectivity index (χ2v) is 4.43. The molecule has 0 fully saturated rings. The molecule has 2 nitrogen and oxygen atoms in total. The van der Waals surface area contributed by atoms with E-state index >= 15 is 0 Å². The first-order valence-corrected chi connectivity index (χ1v) is 5.80. The number of phenols is 1. The summed E-state index contributed by atoms with van der Waals surface area (Å²) in [4.78, 5) is 2.25. The van der Waals surface area contributed by atoms with Crippen LogP contribution < -0.4 is 4.90 Å². The number of nitrogens with zero attached hydrogens (tertiary/aromatic N) is 1. The molecule has 0 aliphatic carbocycles. The smallest absolute Gasteiger partial charge is 0.124 e. The molecule has 1 heterocycles. The van der Waals surface area contributed by atoms with Crippen molar-refractivity contribution in [2.75, 3.05) is 18.5 Å². The Morgan fingerprint density at radius 3 is 2.94 bits per heavy atom. The molecule has 0 saturated heterocycles. The van der Waals surface area contributed by atoms with Crippen molar-refractivity contribution in [1.29, 1.82) is 0 Å². The van der Waals surface area contributed by atoms with Crippen LogP contribution in [0.4, 0.5) is 5.69 Å². The highest BCUT2D eigenvalue weighted by molar-refractivity contribution is 5.85. The molecule has 0 aromatic heterocycles. The van der Waals surface area contributed by atoms with Crippen LogP contribution in [0.2, 0.25) is 0 Å². The molecule has 1 N–H and O–H groups in total. The summed E-state index contributed by atoms with van der Waals surface area (Å²) < 4.78 is 0. The third-order valence-corrected chi connectivity index (χ3v) is 3.35. The summed E-state index contributed by atoms with van der Waals surface area (Å²) in [6.45, 7) is 1.05. The minimum absolute atomic E-state index is 0.293. The van der Waals surface area contributed by atoms with E-state index in [2.05, 4.69) is 36.2 Å². The van der Waals surface area contributed by atoms with Gasteiger partial charge in [0.15, 0.2) is 0 Å². The van der Waals surface area contributed by atoms with Crippen LogP contribution in [0.15, 0.2) is 36.4 Å². The Balaban J connectivity index is 2.23. The Hall–Kier alpha value is -1.96. The number of hydrogen-bond donors (Lipinski definition) is 1. The summed E-state index contributed by atoms with van der Waals surface area (Å²) in [7, 11) is 2.10. The molecular weight excluding hydrogens is 210 g/mol. The molecule has 2 aromatic rings. The monoisotopic (exact) mass is 224 g/mol. The van der Waals surface area contributed by atoms with Crippen molar-refractivity contribution in [2.24, 2.45) is 0 Å². The molecule has 1 aliphatic rings. The average Bonchev–Trinajstić information content (AvgIpc) is 2.72. The Bertz CT molecular complexity index is 563. The van der Waals surface area contributed by atoms with E-state index < -0.39 is 0 Å². The van der Waals surface area contributed by atoms with Crippen molar-refractivity contribution < 1.29 is 5.11 Å². The molecule has 2 aromatic carbocycles. The van der Waals surface area contributed by atoms with Crippen LogP contribution in [-0.2, 0) is 6.42 Å². The molecule has 85 valence electrons. The Labute approximate surface area is 101 Å². The third kappa shape index (κ3) is 1.57. The lowest BCUT2D eigenvalue weighted by Gasteiger charge is -2.17. The molecule has 0 atom stereocenters. The van der Waals surface area contributed by atoms with Gasteiger partial charge in [0.2, 0.25) is 0 Å². The van der Waals surface area contributed by atoms with Gasteiger partial charge in [0.1, 0.15) is 5.75 Å². The Morgan fingerprint density at radius 1 is 1.24 bits per heavy atom. The maximum Gasteiger partial charge on any atom is 0.124 e. The maximum atomic E-state index is 9.93. The molecule has 0 amide bonds. The minimum Gasteiger partial charge on any atom is -0.507 e. The van der Waals surface area contributed by atoms with E-state index in [1.807, 2.05) is 12.1 Å². The van der Waals surface area contributed by atoms with Gasteiger partial charge in [-0.15, -0.1) is 0 Å². The normalized spacial score (nSPS) is 13.8. The standard InChI is InChI=1S/C15H14NO/c1-16-10-9-11-5-4-7-13(15(11)16)12-6-2-3-8-14(12)17/h2,4-8,17H,9-10H2,1H3. The average molecular weight is 224 g/mol. The zero-order valence-corrected chi connectivity index (χ0v) is 9.77. The van der Waals surface area contributed by atoms with Crippen molar-refractivity contribution in [3.8, 4) is 16.9 Å². The zero-order chi connectivity index (χ0) is 11.8. The number of fused-ring (bicyclic) bond motifs is 1. The Kier molecular flexibility index (Phi) is 2.29. The summed E-state index contributed by atoms with van der Waals surface area (Å²) in [6.07, 6.45) is 1.08. The first kappa shape index (κ1) is 10.2. The lowest BCUT2D eigenvalue weighted by molar-refractivity contribution is 0.477. The van der Waals surface area contributed by atoms with Gasteiger partial charge in [0.05, 0.1) is 0 Å². The van der Waals surface area contributed by atoms with Crippen LogP contribution in [-0.4, -0.2) is 18.7 Å². The van der Waals surface area contributed by atoms with Crippen molar-refractivity contribution in [3.05, 3.63) is 48.0 Å². The van der Waals surface area contributed by atoms with E-state index in [9.17, 15) is 5.11 Å². The highest BCUT2D eigenvalue weighted by atomic mass is 16.3. The van der Waals surface area contributed by atoms with Crippen LogP contribution in [0, 0.1) is 6.07 Å². The molecule has 1 aliphatic heterocycles. The number of aromatic hydroxyl groups is 1. The molecule has 3 rings (SSSR count). The summed E-state index contributed by atoms with van der Waals surface area (Å²) in [5.74, 6) is 0.293. The molecule has 1 radical (unpaired) electrons. The van der Waals surface area contributed by atoms with Gasteiger partial charge in [-0.3, -0.25) is 0 Å². The van der Waals surface area contributed by atoms with Crippen LogP contribution in [0.1, 0.15) is 5.56 Å². The fourth-order valence-electron chi connectivity index (χ4n) is 2.51. The van der Waals surface area contributed by atoms with E-state index in [0.717, 1.165) is 24.1 Å². The minimum atomic E-state index is 0.293. The number of para-hydroxylation sites is 1. The molecular formula is C15H14NO. The van der Waals surface area contributed by atoms with Gasteiger partial charge in [-0.1, -0.05) is 24.3 Å². The van der Waals surface area contributed by atoms with Crippen LogP contribution in [0.3, 0.4) is 0 Å². The number of benzene rings is 2. The van der Waals surface area contributed by atoms with E-state index in [0.29, 0.717) is 5.75 Å². The fourth-order valence-corrected chi connectivity index (χ4v) is 2.51. The van der Waals surface area contributed by atoms with Gasteiger partial charge in [-0.25, -0.2) is 0 Å². The molecule has 0 unspecified atom stereocenters. The summed E-state index contributed by atoms with van der Waals surface area (Å²) in [5, 5.41) is 9.93. The molecule has 0 spiro atoms. The maximum absolute atomic E-state index is 9.93. The lowest BCUT2D eigenvalue weighted by atomic mass is 9.99. The SMILES string of the molecule is CN1CCc2cccc(-c3cc[c]cc3O)c21. The number of likely N-dealkylation sites (N-methyl/N-ethyl adjacent to an activating group) is 1. The van der Waals surface area contributed by atoms with E-state index in [4.69, 9.17) is 0 Å². The number of hydrogen-bond acceptors (Lipinski definition) is 2. The van der Waals surface area contributed by atoms with Gasteiger partial charge in [0.25, 0.3) is 0 Å². The van der Waals surface area contributed by atoms with Gasteiger partial charge >= 0.3 is 0 Å².